The Kier molecular flexibility index (Phi) is 13.3. The van der Waals surface area contributed by atoms with Crippen LogP contribution in [0, 0.1) is 11.8 Å². The molecule has 0 bridgehead atoms. The third-order valence-electron chi connectivity index (χ3n) is 9.33. The molecule has 1 unspecified atom stereocenters. The first kappa shape index (κ1) is 38.2. The average Bonchev–Trinajstić information content (AvgIpc) is 3.09. The van der Waals surface area contributed by atoms with Crippen molar-refractivity contribution in [2.24, 2.45) is 17.6 Å². The first-order valence-corrected chi connectivity index (χ1v) is 16.7. The fraction of sp³-hybridized carbons (Fsp3) is 0.421. The van der Waals surface area contributed by atoms with Crippen molar-refractivity contribution in [3.63, 3.8) is 0 Å². The number of hydrogen-bond donors (Lipinski definition) is 6. The lowest BCUT2D eigenvalue weighted by Gasteiger charge is -2.36. The van der Waals surface area contributed by atoms with Crippen LogP contribution in [0.3, 0.4) is 0 Å². The number of fused-ring (bicyclic) bond motifs is 1. The van der Waals surface area contributed by atoms with Gasteiger partial charge in [0, 0.05) is 25.1 Å². The zero-order valence-electron chi connectivity index (χ0n) is 28.4. The van der Waals surface area contributed by atoms with Crippen molar-refractivity contribution in [1.29, 1.82) is 0 Å². The number of aromatic hydroxyl groups is 1. The number of benzene rings is 3. The van der Waals surface area contributed by atoms with E-state index in [1.54, 1.807) is 19.1 Å². The smallest absolute Gasteiger partial charge is 0.323 e. The highest BCUT2D eigenvalue weighted by Crippen LogP contribution is 2.43. The van der Waals surface area contributed by atoms with Gasteiger partial charge in [-0.3, -0.25) is 19.2 Å². The molecule has 12 heteroatoms. The molecule has 0 heterocycles. The van der Waals surface area contributed by atoms with E-state index < -0.39 is 54.8 Å². The Balaban J connectivity index is 1.66. The number of carbonyl (C=O) groups is 4. The molecule has 0 spiro atoms. The van der Waals surface area contributed by atoms with E-state index in [1.807, 2.05) is 42.5 Å². The largest absolute Gasteiger partial charge is 0.507 e. The fourth-order valence-electron chi connectivity index (χ4n) is 6.82. The molecule has 0 aromatic heterocycles. The van der Waals surface area contributed by atoms with Crippen molar-refractivity contribution < 1.29 is 49.1 Å². The molecule has 4 atom stereocenters. The quantitative estimate of drug-likeness (QED) is 0.0845. The third-order valence-corrected chi connectivity index (χ3v) is 9.33. The summed E-state index contributed by atoms with van der Waals surface area (Å²) in [5.74, 6) is -3.76. The number of aliphatic hydroxyl groups excluding tert-OH is 2. The molecule has 0 radical (unpaired) electrons. The second-order valence-electron chi connectivity index (χ2n) is 12.7. The van der Waals surface area contributed by atoms with E-state index in [0.29, 0.717) is 35.4 Å². The summed E-state index contributed by atoms with van der Waals surface area (Å²) >= 11 is 0. The second-order valence-corrected chi connectivity index (χ2v) is 12.7. The van der Waals surface area contributed by atoms with E-state index >= 15 is 0 Å². The molecule has 0 saturated carbocycles. The van der Waals surface area contributed by atoms with Crippen LogP contribution in [-0.2, 0) is 38.5 Å². The lowest BCUT2D eigenvalue weighted by Crippen LogP contribution is -2.51. The molecular formula is C38H46N2O10. The monoisotopic (exact) mass is 690 g/mol. The lowest BCUT2D eigenvalue weighted by molar-refractivity contribution is -0.153. The van der Waals surface area contributed by atoms with Crippen molar-refractivity contribution in [1.82, 2.24) is 5.32 Å². The van der Waals surface area contributed by atoms with Gasteiger partial charge in [-0.2, -0.15) is 0 Å². The number of hydrogen-bond acceptors (Lipinski definition) is 11. The minimum Gasteiger partial charge on any atom is -0.507 e. The number of nitrogens with one attached hydrogen (secondary N) is 1. The summed E-state index contributed by atoms with van der Waals surface area (Å²) in [6, 6.07) is 17.7. The number of ketones is 2. The van der Waals surface area contributed by atoms with Crippen LogP contribution >= 0.6 is 0 Å². The topological polar surface area (TPSA) is 206 Å². The van der Waals surface area contributed by atoms with Crippen LogP contribution in [0.5, 0.6) is 11.5 Å². The first-order valence-electron chi connectivity index (χ1n) is 16.7. The number of amides is 1. The normalized spacial score (nSPS) is 16.5. The SMILES string of the molecule is CCOC(=O)C(Cc1ccccc1)NCc1ccc(OC)c(-c2ccc(O)c3c2C[C@@H](C[C@@H](CCO)[C@](O)(CO)C(=O)CC(N)=O)CC3=O)c1. The van der Waals surface area contributed by atoms with Crippen molar-refractivity contribution in [2.75, 3.05) is 26.9 Å². The zero-order chi connectivity index (χ0) is 36.4. The molecule has 268 valence electrons. The van der Waals surface area contributed by atoms with Crippen LogP contribution in [-0.4, -0.2) is 82.4 Å². The maximum atomic E-state index is 13.6. The van der Waals surface area contributed by atoms with Gasteiger partial charge in [0.25, 0.3) is 0 Å². The maximum absolute atomic E-state index is 13.6. The van der Waals surface area contributed by atoms with Crippen LogP contribution in [0.4, 0.5) is 0 Å². The van der Waals surface area contributed by atoms with E-state index in [2.05, 4.69) is 5.32 Å². The van der Waals surface area contributed by atoms with Crippen molar-refractivity contribution in [2.45, 2.75) is 63.6 Å². The fourth-order valence-corrected chi connectivity index (χ4v) is 6.82. The molecule has 50 heavy (non-hydrogen) atoms. The van der Waals surface area contributed by atoms with Crippen LogP contribution in [0.25, 0.3) is 11.1 Å². The van der Waals surface area contributed by atoms with Crippen molar-refractivity contribution >= 4 is 23.4 Å². The molecule has 12 nitrogen and oxygen atoms in total. The summed E-state index contributed by atoms with van der Waals surface area (Å²) in [5.41, 5.74) is 6.59. The summed E-state index contributed by atoms with van der Waals surface area (Å²) < 4.78 is 11.0. The van der Waals surface area contributed by atoms with Gasteiger partial charge in [-0.25, -0.2) is 0 Å². The summed E-state index contributed by atoms with van der Waals surface area (Å²) in [6.45, 7) is 0.892. The summed E-state index contributed by atoms with van der Waals surface area (Å²) in [6.07, 6.45) is -0.150. The number of Topliss-reactive ketones (excluding diaryl/α,β-unsaturated/α-hetero) is 2. The predicted octanol–water partition coefficient (Wildman–Crippen LogP) is 2.63. The summed E-state index contributed by atoms with van der Waals surface area (Å²) in [4.78, 5) is 50.7. The van der Waals surface area contributed by atoms with E-state index in [9.17, 15) is 39.6 Å². The Morgan fingerprint density at radius 2 is 1.76 bits per heavy atom. The average molecular weight is 691 g/mol. The minimum absolute atomic E-state index is 0.0186. The van der Waals surface area contributed by atoms with Gasteiger partial charge in [-0.15, -0.1) is 0 Å². The summed E-state index contributed by atoms with van der Waals surface area (Å²) in [7, 11) is 1.52. The van der Waals surface area contributed by atoms with Gasteiger partial charge in [0.1, 0.15) is 23.1 Å². The molecule has 1 aliphatic carbocycles. The molecule has 0 fully saturated rings. The first-order chi connectivity index (χ1) is 23.9. The number of phenols is 1. The molecule has 0 aliphatic heterocycles. The van der Waals surface area contributed by atoms with E-state index in [-0.39, 0.29) is 55.4 Å². The number of primary amides is 1. The zero-order valence-corrected chi connectivity index (χ0v) is 28.4. The molecule has 1 aliphatic rings. The van der Waals surface area contributed by atoms with Gasteiger partial charge < -0.3 is 41.0 Å². The van der Waals surface area contributed by atoms with Crippen molar-refractivity contribution in [3.05, 3.63) is 82.9 Å². The highest BCUT2D eigenvalue weighted by molar-refractivity contribution is 6.03. The Labute approximate surface area is 291 Å². The number of nitrogens with two attached hydrogens (primary N) is 1. The number of rotatable bonds is 18. The van der Waals surface area contributed by atoms with Gasteiger partial charge in [-0.05, 0) is 84.9 Å². The van der Waals surface area contributed by atoms with E-state index in [4.69, 9.17) is 15.2 Å². The Morgan fingerprint density at radius 3 is 2.40 bits per heavy atom. The Bertz CT molecular complexity index is 1680. The van der Waals surface area contributed by atoms with Gasteiger partial charge in [0.2, 0.25) is 5.91 Å². The van der Waals surface area contributed by atoms with E-state index in [1.165, 1.54) is 13.2 Å². The number of esters is 1. The minimum atomic E-state index is -2.35. The predicted molar refractivity (Wildman–Crippen MR) is 184 cm³/mol. The number of phenolic OH excluding ortho intramolecular Hbond substituents is 1. The third kappa shape index (κ3) is 8.94. The number of aliphatic hydroxyl groups is 3. The van der Waals surface area contributed by atoms with Gasteiger partial charge in [0.15, 0.2) is 11.6 Å². The Hall–Kier alpha value is -4.62. The van der Waals surface area contributed by atoms with Crippen LogP contribution < -0.4 is 15.8 Å². The van der Waals surface area contributed by atoms with Gasteiger partial charge in [-0.1, -0.05) is 42.5 Å². The molecule has 3 aromatic carbocycles. The van der Waals surface area contributed by atoms with Crippen LogP contribution in [0.15, 0.2) is 60.7 Å². The highest BCUT2D eigenvalue weighted by atomic mass is 16.5. The van der Waals surface area contributed by atoms with Crippen LogP contribution in [0.1, 0.15) is 59.7 Å². The molecule has 1 amide bonds. The van der Waals surface area contributed by atoms with Crippen molar-refractivity contribution in [3.8, 4) is 22.6 Å². The van der Waals surface area contributed by atoms with Crippen LogP contribution in [0.2, 0.25) is 0 Å². The number of carbonyl (C=O) groups excluding carboxylic acids is 4. The molecule has 7 N–H and O–H groups in total. The summed E-state index contributed by atoms with van der Waals surface area (Å²) in [5, 5.41) is 45.2. The lowest BCUT2D eigenvalue weighted by atomic mass is 9.71. The van der Waals surface area contributed by atoms with Gasteiger partial charge in [0.05, 0.1) is 32.3 Å². The van der Waals surface area contributed by atoms with E-state index in [0.717, 1.165) is 11.1 Å². The number of methoxy groups -OCH3 is 1. The van der Waals surface area contributed by atoms with Gasteiger partial charge >= 0.3 is 5.97 Å². The Morgan fingerprint density at radius 1 is 1.02 bits per heavy atom. The maximum Gasteiger partial charge on any atom is 0.323 e. The molecule has 3 aromatic rings. The second kappa shape index (κ2) is 17.3. The standard InChI is InChI=1S/C38H46N2O10/c1-3-50-37(47)30(18-23-7-5-4-6-8-23)40-21-24-9-12-33(49-2)28(16-24)27-10-11-31(43)36-29(27)17-25(19-32(36)44)15-26(13-14-41)38(48,22-42)34(45)20-35(39)46/h4-12,16,25-26,30,40-43,48H,3,13-15,17-22H2,1-2H3,(H2,39,46)/t25-,26-,30?,38-/m1/s1. The highest BCUT2D eigenvalue weighted by Gasteiger charge is 2.45. The molecule has 4 rings (SSSR count). The molecular weight excluding hydrogens is 644 g/mol. The number of ether oxygens (including phenoxy) is 2. The molecule has 0 saturated heterocycles.